The first kappa shape index (κ1) is 23.0. The number of benzene rings is 2. The summed E-state index contributed by atoms with van der Waals surface area (Å²) in [7, 11) is -3.90. The molecule has 0 fully saturated rings. The van der Waals surface area contributed by atoms with E-state index in [0.717, 1.165) is 0 Å². The Morgan fingerprint density at radius 3 is 2.40 bits per heavy atom. The largest absolute Gasteiger partial charge is 0.454 e. The van der Waals surface area contributed by atoms with Gasteiger partial charge in [0.05, 0.1) is 4.90 Å². The Balaban J connectivity index is 1.88. The molecule has 0 aromatic heterocycles. The highest BCUT2D eigenvalue weighted by Gasteiger charge is 2.23. The number of amides is 2. The molecule has 160 valence electrons. The predicted octanol–water partition coefficient (Wildman–Crippen LogP) is 1.29. The molecule has 30 heavy (non-hydrogen) atoms. The van der Waals surface area contributed by atoms with E-state index >= 15 is 0 Å². The lowest BCUT2D eigenvalue weighted by Gasteiger charge is -2.14. The van der Waals surface area contributed by atoms with Crippen LogP contribution in [0.15, 0.2) is 59.5 Å². The fourth-order valence-corrected chi connectivity index (χ4v) is 3.62. The molecule has 10 heteroatoms. The normalized spacial score (nSPS) is 11.9. The van der Waals surface area contributed by atoms with Gasteiger partial charge in [-0.15, -0.1) is 0 Å². The Morgan fingerprint density at radius 1 is 1.03 bits per heavy atom. The molecule has 2 aromatic carbocycles. The van der Waals surface area contributed by atoms with Gasteiger partial charge in [-0.1, -0.05) is 24.3 Å². The summed E-state index contributed by atoms with van der Waals surface area (Å²) in [6, 6.07) is 12.6. The monoisotopic (exact) mass is 433 g/mol. The molecule has 0 aliphatic rings. The van der Waals surface area contributed by atoms with Gasteiger partial charge in [-0.3, -0.25) is 14.4 Å². The van der Waals surface area contributed by atoms with E-state index < -0.39 is 34.5 Å². The maximum absolute atomic E-state index is 12.2. The highest BCUT2D eigenvalue weighted by atomic mass is 32.2. The molecule has 2 aromatic rings. The lowest BCUT2D eigenvalue weighted by Crippen LogP contribution is -2.40. The number of carbonyl (C=O) groups excluding carboxylic acids is 3. The fourth-order valence-electron chi connectivity index (χ4n) is 2.41. The third kappa shape index (κ3) is 6.68. The molecule has 9 nitrogen and oxygen atoms in total. The highest BCUT2D eigenvalue weighted by Crippen LogP contribution is 2.11. The molecular weight excluding hydrogens is 410 g/mol. The lowest BCUT2D eigenvalue weighted by atomic mass is 10.2. The van der Waals surface area contributed by atoms with Crippen molar-refractivity contribution in [3.63, 3.8) is 0 Å². The van der Waals surface area contributed by atoms with Crippen LogP contribution in [0.5, 0.6) is 0 Å². The van der Waals surface area contributed by atoms with Gasteiger partial charge < -0.3 is 15.4 Å². The number of anilines is 1. The second-order valence-electron chi connectivity index (χ2n) is 6.25. The van der Waals surface area contributed by atoms with Crippen LogP contribution >= 0.6 is 0 Å². The smallest absolute Gasteiger partial charge is 0.324 e. The minimum atomic E-state index is -3.90. The van der Waals surface area contributed by atoms with Crippen molar-refractivity contribution in [2.75, 3.05) is 18.5 Å². The zero-order valence-corrected chi connectivity index (χ0v) is 17.4. The van der Waals surface area contributed by atoms with Gasteiger partial charge in [0.2, 0.25) is 10.0 Å². The predicted molar refractivity (Wildman–Crippen MR) is 110 cm³/mol. The summed E-state index contributed by atoms with van der Waals surface area (Å²) in [6.45, 7) is 2.97. The minimum absolute atomic E-state index is 0.00869. The number of sulfonamides is 1. The van der Waals surface area contributed by atoms with Crippen LogP contribution in [0.2, 0.25) is 0 Å². The number of carbonyl (C=O) groups is 3. The quantitative estimate of drug-likeness (QED) is 0.511. The van der Waals surface area contributed by atoms with Gasteiger partial charge in [0.15, 0.2) is 6.61 Å². The third-order valence-corrected chi connectivity index (χ3v) is 5.39. The summed E-state index contributed by atoms with van der Waals surface area (Å²) in [4.78, 5) is 35.9. The SMILES string of the molecule is CCNC(=O)c1cccc(NC(=O)COC(=O)[C@H](C)NS(=O)(=O)c2ccccc2)c1. The lowest BCUT2D eigenvalue weighted by molar-refractivity contribution is -0.148. The summed E-state index contributed by atoms with van der Waals surface area (Å²) in [5, 5.41) is 5.16. The second kappa shape index (κ2) is 10.5. The molecule has 0 heterocycles. The summed E-state index contributed by atoms with van der Waals surface area (Å²) >= 11 is 0. The Kier molecular flexibility index (Phi) is 8.07. The van der Waals surface area contributed by atoms with Crippen LogP contribution in [0.4, 0.5) is 5.69 Å². The van der Waals surface area contributed by atoms with E-state index in [0.29, 0.717) is 17.8 Å². The van der Waals surface area contributed by atoms with Crippen LogP contribution in [0.1, 0.15) is 24.2 Å². The Morgan fingerprint density at radius 2 is 1.73 bits per heavy atom. The van der Waals surface area contributed by atoms with Crippen molar-refractivity contribution in [1.29, 1.82) is 0 Å². The van der Waals surface area contributed by atoms with Crippen LogP contribution in [0.3, 0.4) is 0 Å². The van der Waals surface area contributed by atoms with Crippen molar-refractivity contribution in [1.82, 2.24) is 10.0 Å². The number of ether oxygens (including phenoxy) is 1. The molecule has 0 spiro atoms. The van der Waals surface area contributed by atoms with Gasteiger partial charge in [-0.25, -0.2) is 8.42 Å². The number of hydrogen-bond donors (Lipinski definition) is 3. The van der Waals surface area contributed by atoms with E-state index in [1.807, 2.05) is 0 Å². The molecule has 0 aliphatic heterocycles. The Bertz CT molecular complexity index is 1010. The fraction of sp³-hybridized carbons (Fsp3) is 0.250. The number of esters is 1. The molecule has 0 saturated carbocycles. The average molecular weight is 433 g/mol. The maximum Gasteiger partial charge on any atom is 0.324 e. The highest BCUT2D eigenvalue weighted by molar-refractivity contribution is 7.89. The molecule has 0 unspecified atom stereocenters. The van der Waals surface area contributed by atoms with E-state index in [9.17, 15) is 22.8 Å². The van der Waals surface area contributed by atoms with E-state index in [2.05, 4.69) is 15.4 Å². The Labute approximate surface area is 174 Å². The molecule has 0 aliphatic carbocycles. The van der Waals surface area contributed by atoms with Crippen molar-refractivity contribution in [2.45, 2.75) is 24.8 Å². The molecule has 0 bridgehead atoms. The number of rotatable bonds is 9. The van der Waals surface area contributed by atoms with Gasteiger partial charge in [0, 0.05) is 17.8 Å². The van der Waals surface area contributed by atoms with E-state index in [1.165, 1.54) is 25.1 Å². The van der Waals surface area contributed by atoms with Gasteiger partial charge >= 0.3 is 5.97 Å². The average Bonchev–Trinajstić information content (AvgIpc) is 2.72. The van der Waals surface area contributed by atoms with Crippen molar-refractivity contribution < 1.29 is 27.5 Å². The molecule has 0 saturated heterocycles. The number of nitrogens with one attached hydrogen (secondary N) is 3. The first-order chi connectivity index (χ1) is 14.2. The van der Waals surface area contributed by atoms with Crippen molar-refractivity contribution in [2.24, 2.45) is 0 Å². The van der Waals surface area contributed by atoms with Gasteiger partial charge in [0.25, 0.3) is 11.8 Å². The van der Waals surface area contributed by atoms with E-state index in [4.69, 9.17) is 4.74 Å². The third-order valence-electron chi connectivity index (χ3n) is 3.83. The van der Waals surface area contributed by atoms with Crippen LogP contribution in [0, 0.1) is 0 Å². The summed E-state index contributed by atoms with van der Waals surface area (Å²) in [5.41, 5.74) is 0.730. The van der Waals surface area contributed by atoms with Crippen molar-refractivity contribution >= 4 is 33.5 Å². The number of hydrogen-bond acceptors (Lipinski definition) is 6. The van der Waals surface area contributed by atoms with E-state index in [-0.39, 0.29) is 10.8 Å². The van der Waals surface area contributed by atoms with Crippen molar-refractivity contribution in [3.8, 4) is 0 Å². The first-order valence-electron chi connectivity index (χ1n) is 9.15. The minimum Gasteiger partial charge on any atom is -0.454 e. The summed E-state index contributed by atoms with van der Waals surface area (Å²) in [6.07, 6.45) is 0. The summed E-state index contributed by atoms with van der Waals surface area (Å²) in [5.74, 6) is -1.81. The zero-order valence-electron chi connectivity index (χ0n) is 16.5. The van der Waals surface area contributed by atoms with Gasteiger partial charge in [-0.05, 0) is 44.2 Å². The van der Waals surface area contributed by atoms with E-state index in [1.54, 1.807) is 43.3 Å². The molecule has 0 radical (unpaired) electrons. The second-order valence-corrected chi connectivity index (χ2v) is 7.97. The molecule has 1 atom stereocenters. The maximum atomic E-state index is 12.2. The molecular formula is C20H23N3O6S. The van der Waals surface area contributed by atoms with Crippen LogP contribution in [0.25, 0.3) is 0 Å². The Hall–Kier alpha value is -3.24. The summed E-state index contributed by atoms with van der Waals surface area (Å²) < 4.78 is 31.5. The zero-order chi connectivity index (χ0) is 22.1. The standard InChI is InChI=1S/C20H23N3O6S/c1-3-21-19(25)15-8-7-9-16(12-15)22-18(24)13-29-20(26)14(2)23-30(27,28)17-10-5-4-6-11-17/h4-12,14,23H,3,13H2,1-2H3,(H,21,25)(H,22,24)/t14-/m0/s1. The topological polar surface area (TPSA) is 131 Å². The van der Waals surface area contributed by atoms with Crippen molar-refractivity contribution in [3.05, 3.63) is 60.2 Å². The van der Waals surface area contributed by atoms with Gasteiger partial charge in [-0.2, -0.15) is 4.72 Å². The molecule has 2 rings (SSSR count). The van der Waals surface area contributed by atoms with Crippen LogP contribution < -0.4 is 15.4 Å². The first-order valence-corrected chi connectivity index (χ1v) is 10.6. The molecule has 2 amide bonds. The molecule has 3 N–H and O–H groups in total. The van der Waals surface area contributed by atoms with Crippen LogP contribution in [-0.4, -0.2) is 45.4 Å². The van der Waals surface area contributed by atoms with Gasteiger partial charge in [0.1, 0.15) is 6.04 Å². The van der Waals surface area contributed by atoms with Crippen LogP contribution in [-0.2, 0) is 24.3 Å².